The van der Waals surface area contributed by atoms with Crippen LogP contribution < -0.4 is 14.8 Å². The third-order valence-corrected chi connectivity index (χ3v) is 6.87. The fourth-order valence-electron chi connectivity index (χ4n) is 5.48. The van der Waals surface area contributed by atoms with E-state index in [-0.39, 0.29) is 35.7 Å². The van der Waals surface area contributed by atoms with Gasteiger partial charge in [0.15, 0.2) is 11.5 Å². The van der Waals surface area contributed by atoms with Gasteiger partial charge in [-0.05, 0) is 49.3 Å². The number of carbonyl (C=O) groups excluding carboxylic acids is 2. The number of carbonyl (C=O) groups is 2. The van der Waals surface area contributed by atoms with E-state index in [1.54, 1.807) is 0 Å². The molecule has 1 fully saturated rings. The van der Waals surface area contributed by atoms with Crippen LogP contribution in [0, 0.1) is 11.3 Å². The number of hydrogen-bond acceptors (Lipinski definition) is 5. The SMILES string of the molecule is CC1=C(C(=O)N2CCCCC2)C(c2ccc3c(c2)OCO3)C2C(=O)CC(C)(C)C=C2N1. The van der Waals surface area contributed by atoms with E-state index in [1.807, 2.05) is 30.0 Å². The maximum Gasteiger partial charge on any atom is 0.252 e. The second-order valence-electron chi connectivity index (χ2n) is 9.82. The lowest BCUT2D eigenvalue weighted by molar-refractivity contribution is -0.129. The Labute approximate surface area is 183 Å². The van der Waals surface area contributed by atoms with Crippen molar-refractivity contribution in [3.8, 4) is 11.5 Å². The van der Waals surface area contributed by atoms with E-state index in [0.717, 1.165) is 49.3 Å². The smallest absolute Gasteiger partial charge is 0.252 e. The van der Waals surface area contributed by atoms with Gasteiger partial charge in [0.25, 0.3) is 5.91 Å². The van der Waals surface area contributed by atoms with Gasteiger partial charge in [-0.25, -0.2) is 0 Å². The molecule has 164 valence electrons. The van der Waals surface area contributed by atoms with Crippen molar-refractivity contribution in [3.05, 3.63) is 46.8 Å². The first-order chi connectivity index (χ1) is 14.8. The topological polar surface area (TPSA) is 67.9 Å². The van der Waals surface area contributed by atoms with Crippen molar-refractivity contribution in [1.29, 1.82) is 0 Å². The molecule has 31 heavy (non-hydrogen) atoms. The zero-order valence-electron chi connectivity index (χ0n) is 18.5. The number of ketones is 1. The number of amides is 1. The van der Waals surface area contributed by atoms with Gasteiger partial charge in [-0.1, -0.05) is 26.0 Å². The Morgan fingerprint density at radius 2 is 1.84 bits per heavy atom. The largest absolute Gasteiger partial charge is 0.454 e. The summed E-state index contributed by atoms with van der Waals surface area (Å²) in [5.74, 6) is 0.876. The number of hydrogen-bond donors (Lipinski definition) is 1. The van der Waals surface area contributed by atoms with Crippen LogP contribution in [-0.2, 0) is 9.59 Å². The van der Waals surface area contributed by atoms with Crippen molar-refractivity contribution in [2.75, 3.05) is 19.9 Å². The summed E-state index contributed by atoms with van der Waals surface area (Å²) in [5, 5.41) is 3.44. The third-order valence-electron chi connectivity index (χ3n) is 6.87. The molecule has 0 spiro atoms. The number of likely N-dealkylation sites (tertiary alicyclic amines) is 1. The van der Waals surface area contributed by atoms with Crippen LogP contribution in [0.4, 0.5) is 0 Å². The van der Waals surface area contributed by atoms with Crippen LogP contribution in [0.1, 0.15) is 57.9 Å². The summed E-state index contributed by atoms with van der Waals surface area (Å²) in [4.78, 5) is 29.1. The number of nitrogens with zero attached hydrogens (tertiary/aromatic N) is 1. The van der Waals surface area contributed by atoms with E-state index in [4.69, 9.17) is 9.47 Å². The molecule has 1 saturated heterocycles. The van der Waals surface area contributed by atoms with E-state index in [0.29, 0.717) is 23.5 Å². The Morgan fingerprint density at radius 3 is 2.61 bits per heavy atom. The Kier molecular flexibility index (Phi) is 4.83. The molecule has 1 aromatic rings. The van der Waals surface area contributed by atoms with Crippen molar-refractivity contribution in [3.63, 3.8) is 0 Å². The van der Waals surface area contributed by atoms with Crippen molar-refractivity contribution in [1.82, 2.24) is 10.2 Å². The highest BCUT2D eigenvalue weighted by Crippen LogP contribution is 2.48. The molecule has 2 atom stereocenters. The van der Waals surface area contributed by atoms with E-state index < -0.39 is 0 Å². The Balaban J connectivity index is 1.64. The fraction of sp³-hybridized carbons (Fsp3) is 0.520. The summed E-state index contributed by atoms with van der Waals surface area (Å²) >= 11 is 0. The number of allylic oxidation sites excluding steroid dienone is 3. The van der Waals surface area contributed by atoms with Crippen LogP contribution in [0.5, 0.6) is 11.5 Å². The van der Waals surface area contributed by atoms with Gasteiger partial charge in [-0.2, -0.15) is 0 Å². The van der Waals surface area contributed by atoms with Crippen molar-refractivity contribution >= 4 is 11.7 Å². The highest BCUT2D eigenvalue weighted by atomic mass is 16.7. The Morgan fingerprint density at radius 1 is 1.10 bits per heavy atom. The fourth-order valence-corrected chi connectivity index (χ4v) is 5.48. The average molecular weight is 423 g/mol. The lowest BCUT2D eigenvalue weighted by atomic mass is 9.66. The number of nitrogens with one attached hydrogen (secondary N) is 1. The third kappa shape index (κ3) is 3.52. The van der Waals surface area contributed by atoms with Crippen molar-refractivity contribution < 1.29 is 19.1 Å². The summed E-state index contributed by atoms with van der Waals surface area (Å²) < 4.78 is 11.1. The summed E-state index contributed by atoms with van der Waals surface area (Å²) in [6.07, 6.45) is 5.86. The van der Waals surface area contributed by atoms with Crippen LogP contribution in [-0.4, -0.2) is 36.5 Å². The minimum Gasteiger partial charge on any atom is -0.454 e. The van der Waals surface area contributed by atoms with Crippen LogP contribution in [0.15, 0.2) is 41.2 Å². The summed E-state index contributed by atoms with van der Waals surface area (Å²) in [6, 6.07) is 5.81. The van der Waals surface area contributed by atoms with Gasteiger partial charge in [-0.3, -0.25) is 9.59 Å². The highest BCUT2D eigenvalue weighted by molar-refractivity contribution is 5.99. The van der Waals surface area contributed by atoms with Crippen molar-refractivity contribution in [2.24, 2.45) is 11.3 Å². The molecule has 0 aromatic heterocycles. The summed E-state index contributed by atoms with van der Waals surface area (Å²) in [7, 11) is 0. The quantitative estimate of drug-likeness (QED) is 0.783. The number of benzene rings is 1. The minimum absolute atomic E-state index is 0.0454. The first-order valence-electron chi connectivity index (χ1n) is 11.3. The molecule has 3 aliphatic heterocycles. The number of rotatable bonds is 2. The number of fused-ring (bicyclic) bond motifs is 2. The van der Waals surface area contributed by atoms with Gasteiger partial charge in [-0.15, -0.1) is 0 Å². The average Bonchev–Trinajstić information content (AvgIpc) is 3.20. The second kappa shape index (κ2) is 7.43. The molecule has 6 nitrogen and oxygen atoms in total. The molecule has 5 rings (SSSR count). The van der Waals surface area contributed by atoms with Gasteiger partial charge in [0, 0.05) is 42.4 Å². The van der Waals surface area contributed by atoms with Gasteiger partial charge >= 0.3 is 0 Å². The van der Waals surface area contributed by atoms with E-state index in [9.17, 15) is 9.59 Å². The molecule has 1 N–H and O–H groups in total. The minimum atomic E-state index is -0.388. The molecule has 0 saturated carbocycles. The van der Waals surface area contributed by atoms with E-state index in [2.05, 4.69) is 25.2 Å². The van der Waals surface area contributed by atoms with Crippen LogP contribution in [0.3, 0.4) is 0 Å². The maximum absolute atomic E-state index is 13.7. The summed E-state index contributed by atoms with van der Waals surface area (Å²) in [6.45, 7) is 7.87. The van der Waals surface area contributed by atoms with E-state index in [1.165, 1.54) is 0 Å². The monoisotopic (exact) mass is 422 g/mol. The van der Waals surface area contributed by atoms with Gasteiger partial charge < -0.3 is 19.7 Å². The first kappa shape index (κ1) is 20.2. The summed E-state index contributed by atoms with van der Waals surface area (Å²) in [5.41, 5.74) is 3.18. The molecule has 2 unspecified atom stereocenters. The van der Waals surface area contributed by atoms with Gasteiger partial charge in [0.2, 0.25) is 6.79 Å². The normalized spacial score (nSPS) is 26.9. The number of Topliss-reactive ketones (excluding diaryl/α,β-unsaturated/α-hetero) is 1. The second-order valence-corrected chi connectivity index (χ2v) is 9.82. The van der Waals surface area contributed by atoms with Crippen LogP contribution in [0.25, 0.3) is 0 Å². The molecule has 4 aliphatic rings. The molecule has 1 aliphatic carbocycles. The van der Waals surface area contributed by atoms with Crippen LogP contribution >= 0.6 is 0 Å². The molecular formula is C25H30N2O4. The molecular weight excluding hydrogens is 392 g/mol. The van der Waals surface area contributed by atoms with Crippen LogP contribution in [0.2, 0.25) is 0 Å². The van der Waals surface area contributed by atoms with Gasteiger partial charge in [0.05, 0.1) is 5.92 Å². The first-order valence-corrected chi connectivity index (χ1v) is 11.3. The zero-order chi connectivity index (χ0) is 21.8. The number of piperidine rings is 1. The standard InChI is InChI=1S/C25H30N2O4/c1-15-21(24(29)27-9-5-4-6-10-27)22(16-7-8-19-20(11-16)31-14-30-19)23-17(26-15)12-25(2,3)13-18(23)28/h7-8,11-12,22-23,26H,4-6,9-10,13-14H2,1-3H3. The van der Waals surface area contributed by atoms with E-state index >= 15 is 0 Å². The highest BCUT2D eigenvalue weighted by Gasteiger charge is 2.46. The molecule has 1 aromatic carbocycles. The predicted molar refractivity (Wildman–Crippen MR) is 117 cm³/mol. The molecule has 0 bridgehead atoms. The molecule has 3 heterocycles. The Bertz CT molecular complexity index is 1000. The number of ether oxygens (including phenoxy) is 2. The maximum atomic E-state index is 13.7. The van der Waals surface area contributed by atoms with Crippen molar-refractivity contribution in [2.45, 2.75) is 52.4 Å². The predicted octanol–water partition coefficient (Wildman–Crippen LogP) is 3.89. The van der Waals surface area contributed by atoms with Gasteiger partial charge in [0.1, 0.15) is 5.78 Å². The Hall–Kier alpha value is -2.76. The molecule has 1 amide bonds. The lowest BCUT2D eigenvalue weighted by Gasteiger charge is -2.43. The zero-order valence-corrected chi connectivity index (χ0v) is 18.5. The molecule has 6 heteroatoms. The molecule has 0 radical (unpaired) electrons. The lowest BCUT2D eigenvalue weighted by Crippen LogP contribution is -2.46.